The Kier molecular flexibility index (Phi) is 3.96. The van der Waals surface area contributed by atoms with Gasteiger partial charge in [-0.15, -0.1) is 0 Å². The molecule has 1 aromatic heterocycles. The molecule has 4 nitrogen and oxygen atoms in total. The van der Waals surface area contributed by atoms with Crippen LogP contribution in [0.25, 0.3) is 0 Å². The molecule has 0 spiro atoms. The molecule has 84 valence electrons. The van der Waals surface area contributed by atoms with Crippen molar-refractivity contribution in [3.8, 4) is 0 Å². The van der Waals surface area contributed by atoms with E-state index in [1.807, 2.05) is 25.3 Å². The van der Waals surface area contributed by atoms with Crippen molar-refractivity contribution in [1.82, 2.24) is 0 Å². The lowest BCUT2D eigenvalue weighted by atomic mass is 9.88. The molecule has 15 heavy (non-hydrogen) atoms. The van der Waals surface area contributed by atoms with E-state index in [0.29, 0.717) is 0 Å². The molecule has 0 saturated heterocycles. The lowest BCUT2D eigenvalue weighted by molar-refractivity contribution is 0.306. The van der Waals surface area contributed by atoms with Gasteiger partial charge in [0, 0.05) is 23.0 Å². The van der Waals surface area contributed by atoms with Crippen molar-refractivity contribution in [2.24, 2.45) is 16.3 Å². The Balaban J connectivity index is 2.37. The van der Waals surface area contributed by atoms with Crippen LogP contribution >= 0.6 is 11.3 Å². The van der Waals surface area contributed by atoms with Gasteiger partial charge < -0.3 is 16.3 Å². The highest BCUT2D eigenvalue weighted by Gasteiger charge is 2.22. The van der Waals surface area contributed by atoms with Crippen LogP contribution in [0.3, 0.4) is 0 Å². The van der Waals surface area contributed by atoms with E-state index in [-0.39, 0.29) is 11.3 Å². The molecule has 0 aliphatic carbocycles. The SMILES string of the molecule is CC(C)(CCNc1ccsc1)C(N)=NO. The van der Waals surface area contributed by atoms with E-state index < -0.39 is 0 Å². The predicted molar refractivity (Wildman–Crippen MR) is 64.6 cm³/mol. The minimum absolute atomic E-state index is 0.273. The maximum atomic E-state index is 8.60. The summed E-state index contributed by atoms with van der Waals surface area (Å²) in [7, 11) is 0. The van der Waals surface area contributed by atoms with Gasteiger partial charge in [0.15, 0.2) is 0 Å². The second kappa shape index (κ2) is 5.02. The number of nitrogens with zero attached hydrogens (tertiary/aromatic N) is 1. The number of hydrogen-bond donors (Lipinski definition) is 3. The normalized spacial score (nSPS) is 12.8. The Morgan fingerprint density at radius 2 is 2.40 bits per heavy atom. The molecule has 4 N–H and O–H groups in total. The van der Waals surface area contributed by atoms with Gasteiger partial charge in [-0.1, -0.05) is 19.0 Å². The van der Waals surface area contributed by atoms with E-state index in [1.165, 1.54) is 0 Å². The van der Waals surface area contributed by atoms with Crippen LogP contribution in [0, 0.1) is 5.41 Å². The summed E-state index contributed by atoms with van der Waals surface area (Å²) in [6, 6.07) is 2.03. The molecule has 1 aromatic rings. The smallest absolute Gasteiger partial charge is 0.144 e. The highest BCUT2D eigenvalue weighted by Crippen LogP contribution is 2.21. The third-order valence-electron chi connectivity index (χ3n) is 2.40. The molecule has 0 aliphatic heterocycles. The molecule has 0 atom stereocenters. The maximum absolute atomic E-state index is 8.60. The minimum atomic E-state index is -0.280. The van der Waals surface area contributed by atoms with Crippen LogP contribution in [0.5, 0.6) is 0 Å². The fourth-order valence-electron chi connectivity index (χ4n) is 1.15. The van der Waals surface area contributed by atoms with Crippen molar-refractivity contribution in [2.45, 2.75) is 20.3 Å². The van der Waals surface area contributed by atoms with Crippen LogP contribution in [0.4, 0.5) is 5.69 Å². The third kappa shape index (κ3) is 3.43. The van der Waals surface area contributed by atoms with Crippen LogP contribution in [0.15, 0.2) is 22.0 Å². The highest BCUT2D eigenvalue weighted by molar-refractivity contribution is 7.08. The summed E-state index contributed by atoms with van der Waals surface area (Å²) in [5, 5.41) is 19.0. The van der Waals surface area contributed by atoms with Gasteiger partial charge in [-0.2, -0.15) is 11.3 Å². The molecule has 0 fully saturated rings. The first kappa shape index (κ1) is 11.8. The molecule has 0 bridgehead atoms. The zero-order chi connectivity index (χ0) is 11.3. The number of oxime groups is 1. The second-order valence-corrected chi connectivity index (χ2v) is 4.84. The molecule has 1 rings (SSSR count). The van der Waals surface area contributed by atoms with Gasteiger partial charge in [0.1, 0.15) is 5.84 Å². The van der Waals surface area contributed by atoms with Gasteiger partial charge in [0.05, 0.1) is 0 Å². The van der Waals surface area contributed by atoms with E-state index in [2.05, 4.69) is 15.9 Å². The van der Waals surface area contributed by atoms with Gasteiger partial charge in [-0.25, -0.2) is 0 Å². The van der Waals surface area contributed by atoms with Crippen molar-refractivity contribution in [2.75, 3.05) is 11.9 Å². The van der Waals surface area contributed by atoms with E-state index in [4.69, 9.17) is 10.9 Å². The standard InChI is InChI=1S/C10H17N3OS/c1-10(2,9(11)13-14)4-5-12-8-3-6-15-7-8/h3,6-7,12,14H,4-5H2,1-2H3,(H2,11,13). The van der Waals surface area contributed by atoms with E-state index in [9.17, 15) is 0 Å². The van der Waals surface area contributed by atoms with Crippen molar-refractivity contribution < 1.29 is 5.21 Å². The zero-order valence-electron chi connectivity index (χ0n) is 9.03. The van der Waals surface area contributed by atoms with Crippen LogP contribution in [-0.2, 0) is 0 Å². The van der Waals surface area contributed by atoms with E-state index in [1.54, 1.807) is 11.3 Å². The molecule has 0 saturated carbocycles. The number of rotatable bonds is 5. The number of nitrogens with two attached hydrogens (primary N) is 1. The average Bonchev–Trinajstić information content (AvgIpc) is 2.69. The first-order valence-electron chi connectivity index (χ1n) is 4.80. The number of nitrogens with one attached hydrogen (secondary N) is 1. The molecule has 0 aliphatic rings. The fraction of sp³-hybridized carbons (Fsp3) is 0.500. The van der Waals surface area contributed by atoms with Crippen molar-refractivity contribution in [1.29, 1.82) is 0 Å². The zero-order valence-corrected chi connectivity index (χ0v) is 9.84. The monoisotopic (exact) mass is 227 g/mol. The summed E-state index contributed by atoms with van der Waals surface area (Å²) in [5.74, 6) is 0.273. The third-order valence-corrected chi connectivity index (χ3v) is 3.08. The van der Waals surface area contributed by atoms with Crippen molar-refractivity contribution in [3.05, 3.63) is 16.8 Å². The van der Waals surface area contributed by atoms with E-state index in [0.717, 1.165) is 18.7 Å². The predicted octanol–water partition coefficient (Wildman–Crippen LogP) is 2.32. The lowest BCUT2D eigenvalue weighted by Crippen LogP contribution is -2.33. The summed E-state index contributed by atoms with van der Waals surface area (Å²) in [6.45, 7) is 4.72. The van der Waals surface area contributed by atoms with Crippen molar-refractivity contribution in [3.63, 3.8) is 0 Å². The van der Waals surface area contributed by atoms with Crippen LogP contribution in [0.2, 0.25) is 0 Å². The molecule has 0 aromatic carbocycles. The topological polar surface area (TPSA) is 70.6 Å². The van der Waals surface area contributed by atoms with Gasteiger partial charge >= 0.3 is 0 Å². The number of anilines is 1. The van der Waals surface area contributed by atoms with Crippen LogP contribution in [-0.4, -0.2) is 17.6 Å². The molecule has 5 heteroatoms. The van der Waals surface area contributed by atoms with Gasteiger partial charge in [0.25, 0.3) is 0 Å². The first-order valence-corrected chi connectivity index (χ1v) is 5.74. The second-order valence-electron chi connectivity index (χ2n) is 4.06. The molecule has 0 unspecified atom stereocenters. The highest BCUT2D eigenvalue weighted by atomic mass is 32.1. The Morgan fingerprint density at radius 1 is 1.67 bits per heavy atom. The minimum Gasteiger partial charge on any atom is -0.409 e. The number of hydrogen-bond acceptors (Lipinski definition) is 4. The summed E-state index contributed by atoms with van der Waals surface area (Å²) < 4.78 is 0. The summed E-state index contributed by atoms with van der Waals surface area (Å²) in [4.78, 5) is 0. The Morgan fingerprint density at radius 3 is 2.93 bits per heavy atom. The average molecular weight is 227 g/mol. The summed E-state index contributed by atoms with van der Waals surface area (Å²) >= 11 is 1.66. The van der Waals surface area contributed by atoms with Crippen molar-refractivity contribution >= 4 is 22.9 Å². The molecular formula is C10H17N3OS. The van der Waals surface area contributed by atoms with Gasteiger partial charge in [-0.3, -0.25) is 0 Å². The van der Waals surface area contributed by atoms with E-state index >= 15 is 0 Å². The quantitative estimate of drug-likeness (QED) is 0.313. The Bertz CT molecular complexity index is 319. The van der Waals surface area contributed by atoms with Crippen LogP contribution < -0.4 is 11.1 Å². The molecule has 0 radical (unpaired) electrons. The van der Waals surface area contributed by atoms with Crippen LogP contribution in [0.1, 0.15) is 20.3 Å². The largest absolute Gasteiger partial charge is 0.409 e. The first-order chi connectivity index (χ1) is 7.06. The van der Waals surface area contributed by atoms with Gasteiger partial charge in [0.2, 0.25) is 0 Å². The molecule has 0 amide bonds. The fourth-order valence-corrected chi connectivity index (χ4v) is 1.76. The Labute approximate surface area is 93.8 Å². The number of thiophene rings is 1. The molecular weight excluding hydrogens is 210 g/mol. The Hall–Kier alpha value is -1.23. The summed E-state index contributed by atoms with van der Waals surface area (Å²) in [6.07, 6.45) is 0.818. The molecule has 1 heterocycles. The maximum Gasteiger partial charge on any atom is 0.144 e. The van der Waals surface area contributed by atoms with Gasteiger partial charge in [-0.05, 0) is 17.9 Å². The number of amidine groups is 1. The lowest BCUT2D eigenvalue weighted by Gasteiger charge is -2.22. The summed E-state index contributed by atoms with van der Waals surface area (Å²) in [5.41, 5.74) is 6.43.